The number of aliphatic imine (C=N–C) groups is 1. The predicted octanol–water partition coefficient (Wildman–Crippen LogP) is 5.25. The number of carboxylic acids is 1. The summed E-state index contributed by atoms with van der Waals surface area (Å²) < 4.78 is 1.99. The summed E-state index contributed by atoms with van der Waals surface area (Å²) in [6.45, 7) is 6.01. The smallest absolute Gasteiger partial charge is 0.335 e. The first kappa shape index (κ1) is 21.6. The molecule has 1 aromatic heterocycles. The summed E-state index contributed by atoms with van der Waals surface area (Å²) in [5, 5.41) is 12.7. The summed E-state index contributed by atoms with van der Waals surface area (Å²) in [6, 6.07) is 16.8. The fraction of sp³-hybridized carbons (Fsp3) is 0.160. The molecule has 0 saturated carbocycles. The number of hydrogen-bond acceptors (Lipinski definition) is 4. The molecule has 1 aliphatic rings. The molecule has 2 heterocycles. The molecule has 0 atom stereocenters. The van der Waals surface area contributed by atoms with Crippen molar-refractivity contribution in [1.82, 2.24) is 9.88 Å². The first-order chi connectivity index (χ1) is 15.4. The van der Waals surface area contributed by atoms with Crippen molar-refractivity contribution in [3.05, 3.63) is 87.6 Å². The van der Waals surface area contributed by atoms with Crippen LogP contribution in [0.4, 0.5) is 5.69 Å². The normalized spacial score (nSPS) is 16.0. The number of amidine groups is 1. The van der Waals surface area contributed by atoms with E-state index in [1.807, 2.05) is 60.9 Å². The van der Waals surface area contributed by atoms with Gasteiger partial charge in [0.2, 0.25) is 0 Å². The molecule has 0 unspecified atom stereocenters. The van der Waals surface area contributed by atoms with E-state index < -0.39 is 5.97 Å². The average Bonchev–Trinajstić information content (AvgIpc) is 3.26. The van der Waals surface area contributed by atoms with Crippen LogP contribution >= 0.6 is 11.8 Å². The highest BCUT2D eigenvalue weighted by molar-refractivity contribution is 8.18. The van der Waals surface area contributed by atoms with Gasteiger partial charge in [-0.2, -0.15) is 0 Å². The summed E-state index contributed by atoms with van der Waals surface area (Å²) in [4.78, 5) is 29.0. The van der Waals surface area contributed by atoms with Crippen LogP contribution in [0, 0.1) is 13.8 Å². The van der Waals surface area contributed by atoms with Gasteiger partial charge in [-0.1, -0.05) is 25.1 Å². The number of nitrogens with zero attached hydrogens (tertiary/aromatic N) is 2. The molecule has 2 aromatic carbocycles. The third kappa shape index (κ3) is 4.38. The predicted molar refractivity (Wildman–Crippen MR) is 129 cm³/mol. The van der Waals surface area contributed by atoms with Crippen LogP contribution in [-0.4, -0.2) is 26.7 Å². The van der Waals surface area contributed by atoms with Crippen LogP contribution in [0.5, 0.6) is 0 Å². The fourth-order valence-corrected chi connectivity index (χ4v) is 4.49. The second-order valence-electron chi connectivity index (χ2n) is 7.52. The monoisotopic (exact) mass is 445 g/mol. The topological polar surface area (TPSA) is 83.7 Å². The Balaban J connectivity index is 1.62. The number of hydrogen-bond donors (Lipinski definition) is 2. The minimum absolute atomic E-state index is 0.184. The van der Waals surface area contributed by atoms with Crippen molar-refractivity contribution >= 4 is 40.6 Å². The number of carbonyl (C=O) groups is 2. The van der Waals surface area contributed by atoms with Crippen molar-refractivity contribution in [3.63, 3.8) is 0 Å². The number of thioether (sulfide) groups is 1. The molecule has 0 bridgehead atoms. The first-order valence-electron chi connectivity index (χ1n) is 10.3. The minimum Gasteiger partial charge on any atom is -0.478 e. The standard InChI is InChI=1S/C25H23N3O3S/c1-4-17-8-10-20(11-9-17)26-25-27-23(29)22(32-25)14-19-12-15(2)28(16(19)3)21-7-5-6-18(13-21)24(30)31/h5-14H,4H2,1-3H3,(H,30,31)(H,26,27,29). The lowest BCUT2D eigenvalue weighted by molar-refractivity contribution is -0.115. The number of aryl methyl sites for hydroxylation is 2. The van der Waals surface area contributed by atoms with E-state index in [1.54, 1.807) is 18.2 Å². The molecule has 7 heteroatoms. The van der Waals surface area contributed by atoms with Crippen LogP contribution in [0.3, 0.4) is 0 Å². The van der Waals surface area contributed by atoms with Crippen molar-refractivity contribution in [2.75, 3.05) is 0 Å². The summed E-state index contributed by atoms with van der Waals surface area (Å²) in [5.74, 6) is -1.15. The molecule has 6 nitrogen and oxygen atoms in total. The van der Waals surface area contributed by atoms with Crippen LogP contribution in [0.1, 0.15) is 39.8 Å². The second kappa shape index (κ2) is 8.88. The Morgan fingerprint density at radius 3 is 2.59 bits per heavy atom. The molecule has 32 heavy (non-hydrogen) atoms. The Labute approximate surface area is 190 Å². The maximum absolute atomic E-state index is 12.5. The van der Waals surface area contributed by atoms with Crippen molar-refractivity contribution in [1.29, 1.82) is 0 Å². The Kier molecular flexibility index (Phi) is 6.01. The van der Waals surface area contributed by atoms with Crippen LogP contribution in [-0.2, 0) is 11.2 Å². The highest BCUT2D eigenvalue weighted by Crippen LogP contribution is 2.30. The van der Waals surface area contributed by atoms with Gasteiger partial charge in [-0.05, 0) is 85.6 Å². The van der Waals surface area contributed by atoms with Gasteiger partial charge in [-0.3, -0.25) is 4.79 Å². The number of carbonyl (C=O) groups excluding carboxylic acids is 1. The summed E-state index contributed by atoms with van der Waals surface area (Å²) in [6.07, 6.45) is 2.82. The van der Waals surface area contributed by atoms with Gasteiger partial charge in [-0.25, -0.2) is 9.79 Å². The zero-order valence-corrected chi connectivity index (χ0v) is 18.9. The molecule has 4 rings (SSSR count). The SMILES string of the molecule is CCc1ccc(N=C2NC(=O)C(=Cc3cc(C)n(-c4cccc(C(=O)O)c4)c3C)S2)cc1. The Morgan fingerprint density at radius 2 is 1.91 bits per heavy atom. The van der Waals surface area contributed by atoms with E-state index in [0.29, 0.717) is 10.1 Å². The second-order valence-corrected chi connectivity index (χ2v) is 8.55. The van der Waals surface area contributed by atoms with E-state index in [-0.39, 0.29) is 11.5 Å². The lowest BCUT2D eigenvalue weighted by Crippen LogP contribution is -2.19. The highest BCUT2D eigenvalue weighted by atomic mass is 32.2. The van der Waals surface area contributed by atoms with Gasteiger partial charge in [0.15, 0.2) is 5.17 Å². The van der Waals surface area contributed by atoms with Gasteiger partial charge in [0.25, 0.3) is 5.91 Å². The number of aromatic nitrogens is 1. The number of benzene rings is 2. The summed E-state index contributed by atoms with van der Waals surface area (Å²) in [7, 11) is 0. The van der Waals surface area contributed by atoms with E-state index in [4.69, 9.17) is 0 Å². The molecule has 3 aromatic rings. The quantitative estimate of drug-likeness (QED) is 0.526. The molecule has 1 aliphatic heterocycles. The third-order valence-electron chi connectivity index (χ3n) is 5.33. The Bertz CT molecular complexity index is 1270. The van der Waals surface area contributed by atoms with E-state index in [1.165, 1.54) is 17.3 Å². The number of nitrogens with one attached hydrogen (secondary N) is 1. The molecule has 0 radical (unpaired) electrons. The maximum Gasteiger partial charge on any atom is 0.335 e. The van der Waals surface area contributed by atoms with Crippen molar-refractivity contribution < 1.29 is 14.7 Å². The molecule has 1 saturated heterocycles. The van der Waals surface area contributed by atoms with E-state index >= 15 is 0 Å². The number of aromatic carboxylic acids is 1. The van der Waals surface area contributed by atoms with Gasteiger partial charge in [0, 0.05) is 17.1 Å². The van der Waals surface area contributed by atoms with Crippen LogP contribution in [0.2, 0.25) is 0 Å². The summed E-state index contributed by atoms with van der Waals surface area (Å²) >= 11 is 1.31. The molecule has 0 spiro atoms. The molecular weight excluding hydrogens is 422 g/mol. The molecular formula is C25H23N3O3S. The number of amides is 1. The van der Waals surface area contributed by atoms with Crippen molar-refractivity contribution in [3.8, 4) is 5.69 Å². The fourth-order valence-electron chi connectivity index (χ4n) is 3.65. The van der Waals surface area contributed by atoms with Crippen LogP contribution in [0.15, 0.2) is 64.5 Å². The Morgan fingerprint density at radius 1 is 1.16 bits per heavy atom. The summed E-state index contributed by atoms with van der Waals surface area (Å²) in [5.41, 5.74) is 5.80. The van der Waals surface area contributed by atoms with Gasteiger partial charge in [0.05, 0.1) is 16.2 Å². The van der Waals surface area contributed by atoms with Crippen molar-refractivity contribution in [2.45, 2.75) is 27.2 Å². The van der Waals surface area contributed by atoms with Crippen LogP contribution < -0.4 is 5.32 Å². The van der Waals surface area contributed by atoms with Crippen molar-refractivity contribution in [2.24, 2.45) is 4.99 Å². The minimum atomic E-state index is -0.966. The van der Waals surface area contributed by atoms with Gasteiger partial charge in [0.1, 0.15) is 0 Å². The van der Waals surface area contributed by atoms with Gasteiger partial charge >= 0.3 is 5.97 Å². The maximum atomic E-state index is 12.5. The van der Waals surface area contributed by atoms with E-state index in [2.05, 4.69) is 17.2 Å². The van der Waals surface area contributed by atoms with E-state index in [9.17, 15) is 14.7 Å². The average molecular weight is 446 g/mol. The number of rotatable bonds is 5. The highest BCUT2D eigenvalue weighted by Gasteiger charge is 2.24. The largest absolute Gasteiger partial charge is 0.478 e. The van der Waals surface area contributed by atoms with Gasteiger partial charge < -0.3 is 15.0 Å². The lowest BCUT2D eigenvalue weighted by atomic mass is 10.2. The van der Waals surface area contributed by atoms with Gasteiger partial charge in [-0.15, -0.1) is 0 Å². The zero-order chi connectivity index (χ0) is 22.8. The lowest BCUT2D eigenvalue weighted by Gasteiger charge is -2.10. The molecule has 0 aliphatic carbocycles. The third-order valence-corrected chi connectivity index (χ3v) is 6.24. The molecule has 1 amide bonds. The first-order valence-corrected chi connectivity index (χ1v) is 11.1. The zero-order valence-electron chi connectivity index (χ0n) is 18.0. The number of carboxylic acid groups (broad SMARTS) is 1. The molecule has 1 fully saturated rings. The Hall–Kier alpha value is -3.58. The van der Waals surface area contributed by atoms with E-state index in [0.717, 1.165) is 34.7 Å². The molecule has 2 N–H and O–H groups in total. The van der Waals surface area contributed by atoms with Crippen LogP contribution in [0.25, 0.3) is 11.8 Å². The molecule has 162 valence electrons.